The minimum atomic E-state index is -1.49. The Balaban J connectivity index is 1.40. The van der Waals surface area contributed by atoms with E-state index in [9.17, 15) is 14.4 Å². The van der Waals surface area contributed by atoms with E-state index in [4.69, 9.17) is 56.6 Å². The van der Waals surface area contributed by atoms with Crippen LogP contribution in [-0.2, 0) is 26.2 Å². The number of nitrogens with one attached hydrogen (secondary N) is 1. The Bertz CT molecular complexity index is 1350. The number of carbonyl (C=O) groups excluding carboxylic acids is 3. The highest BCUT2D eigenvalue weighted by Crippen LogP contribution is 2.35. The summed E-state index contributed by atoms with van der Waals surface area (Å²) in [6.07, 6.45) is 0.400. The first-order valence-corrected chi connectivity index (χ1v) is 12.6. The smallest absolute Gasteiger partial charge is 0.255 e. The first kappa shape index (κ1) is 27.7. The van der Waals surface area contributed by atoms with Crippen molar-refractivity contribution < 1.29 is 23.9 Å². The second-order valence-electron chi connectivity index (χ2n) is 9.90. The Morgan fingerprint density at radius 3 is 2.49 bits per heavy atom. The average Bonchev–Trinajstić information content (AvgIpc) is 3.23. The van der Waals surface area contributed by atoms with Crippen LogP contribution in [0.1, 0.15) is 45.9 Å². The number of ether oxygens (including phenoxy) is 2. The molecule has 3 aliphatic rings. The summed E-state index contributed by atoms with van der Waals surface area (Å²) >= 11 is 0. The minimum Gasteiger partial charge on any atom is -0.496 e. The molecule has 39 heavy (non-hydrogen) atoms. The third kappa shape index (κ3) is 4.97. The predicted octanol–water partition coefficient (Wildman–Crippen LogP) is -3.15. The van der Waals surface area contributed by atoms with Gasteiger partial charge in [0.05, 0.1) is 41.5 Å². The lowest BCUT2D eigenvalue weighted by Gasteiger charge is -2.45. The monoisotopic (exact) mass is 509 g/mol. The average molecular weight is 508 g/mol. The number of piperidine rings is 1. The maximum Gasteiger partial charge on any atom is 0.255 e. The van der Waals surface area contributed by atoms with Gasteiger partial charge in [-0.3, -0.25) is 19.7 Å². The van der Waals surface area contributed by atoms with E-state index in [2.05, 4.69) is 5.32 Å². The lowest BCUT2D eigenvalue weighted by molar-refractivity contribution is -0.136. The zero-order valence-corrected chi connectivity index (χ0v) is 21.3. The molecule has 14 heteroatoms. The van der Waals surface area contributed by atoms with Crippen molar-refractivity contribution in [3.63, 3.8) is 0 Å². The van der Waals surface area contributed by atoms with Crippen LogP contribution in [-0.4, -0.2) is 107 Å². The van der Waals surface area contributed by atoms with Gasteiger partial charge in [0, 0.05) is 30.6 Å². The third-order valence-electron chi connectivity index (χ3n) is 7.50. The van der Waals surface area contributed by atoms with E-state index >= 15 is 0 Å². The number of imide groups is 1. The van der Waals surface area contributed by atoms with Crippen molar-refractivity contribution in [2.75, 3.05) is 26.3 Å². The van der Waals surface area contributed by atoms with Gasteiger partial charge in [0.25, 0.3) is 5.91 Å². The van der Waals surface area contributed by atoms with Crippen molar-refractivity contribution in [3.05, 3.63) is 46.5 Å². The normalized spacial score (nSPS) is 21.0. The molecule has 184 valence electrons. The van der Waals surface area contributed by atoms with Crippen molar-refractivity contribution in [1.82, 2.24) is 15.1 Å². The molecular formula is C25H21B6N3O5. The zero-order valence-electron chi connectivity index (χ0n) is 21.3. The van der Waals surface area contributed by atoms with Gasteiger partial charge in [0.2, 0.25) is 11.8 Å². The second-order valence-corrected chi connectivity index (χ2v) is 9.90. The lowest BCUT2D eigenvalue weighted by atomic mass is 9.50. The van der Waals surface area contributed by atoms with Crippen LogP contribution in [0, 0.1) is 0 Å². The molecule has 0 aliphatic carbocycles. The van der Waals surface area contributed by atoms with Gasteiger partial charge >= 0.3 is 0 Å². The maximum atomic E-state index is 13.1. The molecule has 3 amide bonds. The van der Waals surface area contributed by atoms with Crippen molar-refractivity contribution in [3.8, 4) is 5.75 Å². The van der Waals surface area contributed by atoms with E-state index in [0.717, 1.165) is 0 Å². The minimum absolute atomic E-state index is 0.0954. The molecule has 2 atom stereocenters. The molecule has 3 aliphatic heterocycles. The van der Waals surface area contributed by atoms with Crippen LogP contribution in [0.2, 0.25) is 0 Å². The number of hydrogen-bond donors (Lipinski definition) is 1. The van der Waals surface area contributed by atoms with Gasteiger partial charge < -0.3 is 19.3 Å². The van der Waals surface area contributed by atoms with Crippen molar-refractivity contribution in [2.45, 2.75) is 36.8 Å². The van der Waals surface area contributed by atoms with Gasteiger partial charge in [-0.25, -0.2) is 0 Å². The number of nitrogens with zero attached hydrogens (tertiary/aromatic N) is 2. The summed E-state index contributed by atoms with van der Waals surface area (Å²) in [6, 6.07) is 4.63. The molecule has 1 N–H and O–H groups in total. The molecule has 2 aromatic carbocycles. The van der Waals surface area contributed by atoms with Crippen LogP contribution >= 0.6 is 0 Å². The Labute approximate surface area is 235 Å². The largest absolute Gasteiger partial charge is 0.496 e. The van der Waals surface area contributed by atoms with Crippen molar-refractivity contribution in [2.24, 2.45) is 0 Å². The van der Waals surface area contributed by atoms with Gasteiger partial charge in [0.15, 0.2) is 0 Å². The highest BCUT2D eigenvalue weighted by molar-refractivity contribution is 6.55. The zero-order chi connectivity index (χ0) is 28.1. The first-order chi connectivity index (χ1) is 18.5. The molecule has 3 heterocycles. The molecule has 2 unspecified atom stereocenters. The number of hydrogen-bond acceptors (Lipinski definition) is 6. The molecular weight excluding hydrogens is 487 g/mol. The number of fused-ring (bicyclic) bond motifs is 1. The molecule has 12 radical (unpaired) electrons. The van der Waals surface area contributed by atoms with Gasteiger partial charge in [-0.05, 0) is 29.5 Å². The van der Waals surface area contributed by atoms with Gasteiger partial charge in [-0.15, -0.1) is 5.46 Å². The lowest BCUT2D eigenvalue weighted by Crippen LogP contribution is -2.58. The van der Waals surface area contributed by atoms with E-state index in [1.807, 2.05) is 4.90 Å². The first-order valence-electron chi connectivity index (χ1n) is 12.6. The molecule has 0 spiro atoms. The van der Waals surface area contributed by atoms with Crippen molar-refractivity contribution in [1.29, 1.82) is 0 Å². The number of amides is 3. The summed E-state index contributed by atoms with van der Waals surface area (Å²) in [7, 11) is 38.5. The van der Waals surface area contributed by atoms with E-state index in [-0.39, 0.29) is 53.2 Å². The Morgan fingerprint density at radius 1 is 1.08 bits per heavy atom. The highest BCUT2D eigenvalue weighted by atomic mass is 16.5. The van der Waals surface area contributed by atoms with Gasteiger partial charge in [-0.2, -0.15) is 0 Å². The fourth-order valence-corrected chi connectivity index (χ4v) is 5.40. The molecule has 8 nitrogen and oxygen atoms in total. The molecule has 5 rings (SSSR count). The molecule has 2 aromatic rings. The number of morpholine rings is 1. The Morgan fingerprint density at radius 2 is 1.79 bits per heavy atom. The molecule has 2 fully saturated rings. The van der Waals surface area contributed by atoms with Crippen LogP contribution in [0.15, 0.2) is 24.3 Å². The van der Waals surface area contributed by atoms with Crippen LogP contribution < -0.4 is 26.4 Å². The second kappa shape index (κ2) is 10.6. The molecule has 0 saturated carbocycles. The quantitative estimate of drug-likeness (QED) is 0.328. The van der Waals surface area contributed by atoms with Crippen LogP contribution in [0.5, 0.6) is 5.75 Å². The summed E-state index contributed by atoms with van der Waals surface area (Å²) in [6.45, 7) is 2.03. The highest BCUT2D eigenvalue weighted by Gasteiger charge is 2.40. The predicted molar refractivity (Wildman–Crippen MR) is 150 cm³/mol. The van der Waals surface area contributed by atoms with Crippen LogP contribution in [0.4, 0.5) is 0 Å². The summed E-state index contributed by atoms with van der Waals surface area (Å²) in [5.41, 5.74) is 1.96. The summed E-state index contributed by atoms with van der Waals surface area (Å²) in [5, 5.41) is 0.797. The maximum absolute atomic E-state index is 13.1. The number of benzene rings is 2. The summed E-state index contributed by atoms with van der Waals surface area (Å²) in [5.74, 6) is -0.854. The Hall–Kier alpha value is -2.84. The van der Waals surface area contributed by atoms with Crippen LogP contribution in [0.3, 0.4) is 0 Å². The van der Waals surface area contributed by atoms with Gasteiger partial charge in [-0.1, -0.05) is 28.6 Å². The molecule has 0 aromatic heterocycles. The third-order valence-corrected chi connectivity index (χ3v) is 7.50. The summed E-state index contributed by atoms with van der Waals surface area (Å²) in [4.78, 5) is 40.3. The standard InChI is InChI=1S/C25H21B6N3O5/c26-15-10-13(20(27)21(28)19(15)25(30,31)33-6-8-38-9-7-33)22(29)39-17-3-1-2-12-14(17)11-34(24(12)37)16-4-5-18(35)32-23(16)36/h1-3,10,16,22H,4-9,11H2,(H,32,35,36). The van der Waals surface area contributed by atoms with Crippen LogP contribution in [0.25, 0.3) is 0 Å². The number of rotatable bonds is 6. The fraction of sp³-hybridized carbons (Fsp3) is 0.400. The summed E-state index contributed by atoms with van der Waals surface area (Å²) < 4.78 is 11.4. The van der Waals surface area contributed by atoms with E-state index < -0.39 is 23.3 Å². The SMILES string of the molecule is [B]c1cc(C([B])Oc2cccc3c2CN(C2CCC(=O)NC2=O)C3=O)c([B])c([B])c1C([B])([B])N1CCOCC1. The molecule has 0 bridgehead atoms. The van der Waals surface area contributed by atoms with E-state index in [0.29, 0.717) is 48.7 Å². The van der Waals surface area contributed by atoms with E-state index in [1.54, 1.807) is 18.2 Å². The van der Waals surface area contributed by atoms with Gasteiger partial charge in [0.1, 0.15) is 43.2 Å². The van der Waals surface area contributed by atoms with E-state index in [1.165, 1.54) is 11.0 Å². The topological polar surface area (TPSA) is 88.2 Å². The van der Waals surface area contributed by atoms with Crippen molar-refractivity contribution >= 4 is 81.2 Å². The number of carbonyl (C=O) groups is 3. The Kier molecular flexibility index (Phi) is 7.55. The fourth-order valence-electron chi connectivity index (χ4n) is 5.40. The molecule has 2 saturated heterocycles.